The summed E-state index contributed by atoms with van der Waals surface area (Å²) in [6.45, 7) is 4.34. The van der Waals surface area contributed by atoms with Crippen molar-refractivity contribution in [1.82, 2.24) is 14.9 Å². The lowest BCUT2D eigenvalue weighted by Crippen LogP contribution is -1.95. The van der Waals surface area contributed by atoms with Crippen LogP contribution in [-0.2, 0) is 0 Å². The average molecular weight is 357 g/mol. The summed E-state index contributed by atoms with van der Waals surface area (Å²) in [4.78, 5) is 0. The van der Waals surface area contributed by atoms with Crippen molar-refractivity contribution in [3.63, 3.8) is 0 Å². The Kier molecular flexibility index (Phi) is 4.92. The first-order valence-corrected chi connectivity index (χ1v) is 8.41. The molecule has 1 heterocycles. The lowest BCUT2D eigenvalue weighted by molar-refractivity contribution is 0.865. The summed E-state index contributed by atoms with van der Waals surface area (Å²) in [7, 11) is 0. The van der Waals surface area contributed by atoms with Gasteiger partial charge in [0.15, 0.2) is 5.82 Å². The van der Waals surface area contributed by atoms with Gasteiger partial charge in [-0.15, -0.1) is 0 Å². The average Bonchev–Trinajstić information content (AvgIpc) is 2.94. The van der Waals surface area contributed by atoms with Crippen LogP contribution in [0.15, 0.2) is 53.6 Å². The van der Waals surface area contributed by atoms with Crippen molar-refractivity contribution < 1.29 is 0 Å². The van der Waals surface area contributed by atoms with Crippen LogP contribution in [0.5, 0.6) is 0 Å². The number of nitrogens with one attached hydrogen (secondary N) is 1. The number of aromatic amines is 1. The molecular weight excluding hydrogens is 340 g/mol. The smallest absolute Gasteiger partial charge is 0.216 e. The van der Waals surface area contributed by atoms with Crippen molar-refractivity contribution in [2.75, 3.05) is 0 Å². The highest BCUT2D eigenvalue weighted by Crippen LogP contribution is 2.21. The Morgan fingerprint density at radius 1 is 1.21 bits per heavy atom. The van der Waals surface area contributed by atoms with Gasteiger partial charge in [0.05, 0.1) is 6.21 Å². The molecule has 24 heavy (non-hydrogen) atoms. The zero-order valence-electron chi connectivity index (χ0n) is 13.4. The van der Waals surface area contributed by atoms with Crippen molar-refractivity contribution in [3.8, 4) is 11.4 Å². The molecule has 0 bridgehead atoms. The van der Waals surface area contributed by atoms with Gasteiger partial charge in [0.2, 0.25) is 4.77 Å². The van der Waals surface area contributed by atoms with Gasteiger partial charge in [0, 0.05) is 10.6 Å². The summed E-state index contributed by atoms with van der Waals surface area (Å²) in [5, 5.41) is 12.1. The number of hydrogen-bond donors (Lipinski definition) is 1. The zero-order chi connectivity index (χ0) is 17.1. The van der Waals surface area contributed by atoms with Gasteiger partial charge in [0.1, 0.15) is 0 Å². The summed E-state index contributed by atoms with van der Waals surface area (Å²) in [5.41, 5.74) is 3.15. The fourth-order valence-corrected chi connectivity index (χ4v) is 2.67. The van der Waals surface area contributed by atoms with Gasteiger partial charge in [-0.1, -0.05) is 61.8 Å². The molecule has 4 nitrogen and oxygen atoms in total. The number of rotatable bonds is 4. The summed E-state index contributed by atoms with van der Waals surface area (Å²) in [5.74, 6) is 1.13. The van der Waals surface area contributed by atoms with E-state index in [1.165, 1.54) is 5.56 Å². The van der Waals surface area contributed by atoms with Crippen molar-refractivity contribution >= 4 is 30.0 Å². The molecule has 2 aromatic carbocycles. The lowest BCUT2D eigenvalue weighted by atomic mass is 10.0. The molecule has 0 amide bonds. The first-order chi connectivity index (χ1) is 11.5. The van der Waals surface area contributed by atoms with E-state index in [9.17, 15) is 0 Å². The number of benzene rings is 2. The Balaban J connectivity index is 1.93. The third-order valence-electron chi connectivity index (χ3n) is 3.66. The third-order valence-corrected chi connectivity index (χ3v) is 4.16. The topological polar surface area (TPSA) is 46.0 Å². The quantitative estimate of drug-likeness (QED) is 0.511. The van der Waals surface area contributed by atoms with Crippen LogP contribution in [-0.4, -0.2) is 21.1 Å². The molecule has 0 unspecified atom stereocenters. The highest BCUT2D eigenvalue weighted by molar-refractivity contribution is 7.71. The summed E-state index contributed by atoms with van der Waals surface area (Å²) in [6, 6.07) is 15.7. The van der Waals surface area contributed by atoms with E-state index < -0.39 is 0 Å². The van der Waals surface area contributed by atoms with Crippen LogP contribution in [0.25, 0.3) is 11.4 Å². The fraction of sp³-hybridized carbons (Fsp3) is 0.167. The van der Waals surface area contributed by atoms with Crippen LogP contribution in [0.4, 0.5) is 0 Å². The minimum Gasteiger partial charge on any atom is -0.250 e. The molecular formula is C18H17ClN4S. The molecule has 0 atom stereocenters. The van der Waals surface area contributed by atoms with E-state index in [0.717, 1.165) is 11.1 Å². The lowest BCUT2D eigenvalue weighted by Gasteiger charge is -2.05. The molecule has 0 saturated heterocycles. The molecule has 0 radical (unpaired) electrons. The second kappa shape index (κ2) is 7.11. The predicted octanol–water partition coefficient (Wildman–Crippen LogP) is 5.27. The highest BCUT2D eigenvalue weighted by Gasteiger charge is 2.08. The second-order valence-electron chi connectivity index (χ2n) is 5.74. The fourth-order valence-electron chi connectivity index (χ4n) is 2.30. The molecule has 0 aliphatic heterocycles. The van der Waals surface area contributed by atoms with Crippen LogP contribution in [0.2, 0.25) is 5.02 Å². The molecule has 1 aromatic heterocycles. The van der Waals surface area contributed by atoms with Crippen LogP contribution >= 0.6 is 23.8 Å². The van der Waals surface area contributed by atoms with Gasteiger partial charge in [-0.05, 0) is 41.4 Å². The normalized spacial score (nSPS) is 11.5. The molecule has 0 saturated carbocycles. The number of aromatic nitrogens is 3. The minimum absolute atomic E-state index is 0.431. The zero-order valence-corrected chi connectivity index (χ0v) is 15.0. The Morgan fingerprint density at radius 3 is 2.62 bits per heavy atom. The SMILES string of the molecule is CC(C)c1ccc(C=Nn2c(-c3cccc(Cl)c3)n[nH]c2=S)cc1. The van der Waals surface area contributed by atoms with Gasteiger partial charge in [-0.25, -0.2) is 5.10 Å². The summed E-state index contributed by atoms with van der Waals surface area (Å²) in [6.07, 6.45) is 1.77. The van der Waals surface area contributed by atoms with Crippen molar-refractivity contribution in [3.05, 3.63) is 69.5 Å². The molecule has 1 N–H and O–H groups in total. The Morgan fingerprint density at radius 2 is 1.96 bits per heavy atom. The van der Waals surface area contributed by atoms with E-state index in [0.29, 0.717) is 21.5 Å². The van der Waals surface area contributed by atoms with Gasteiger partial charge in [-0.3, -0.25) is 0 Å². The maximum Gasteiger partial charge on any atom is 0.216 e. The standard InChI is InChI=1S/C18H17ClN4S/c1-12(2)14-8-6-13(7-9-14)11-20-23-17(21-22-18(23)24)15-4-3-5-16(19)10-15/h3-12H,1-2H3,(H,22,24). The van der Waals surface area contributed by atoms with Gasteiger partial charge < -0.3 is 0 Å². The van der Waals surface area contributed by atoms with Gasteiger partial charge in [0.25, 0.3) is 0 Å². The predicted molar refractivity (Wildman–Crippen MR) is 101 cm³/mol. The first-order valence-electron chi connectivity index (χ1n) is 7.62. The Hall–Kier alpha value is -2.24. The van der Waals surface area contributed by atoms with Crippen molar-refractivity contribution in [2.24, 2.45) is 5.10 Å². The van der Waals surface area contributed by atoms with E-state index in [4.69, 9.17) is 23.8 Å². The maximum absolute atomic E-state index is 6.06. The number of H-pyrrole nitrogens is 1. The van der Waals surface area contributed by atoms with Crippen LogP contribution in [0.3, 0.4) is 0 Å². The summed E-state index contributed by atoms with van der Waals surface area (Å²) < 4.78 is 2.03. The van der Waals surface area contributed by atoms with Crippen LogP contribution in [0.1, 0.15) is 30.9 Å². The van der Waals surface area contributed by atoms with E-state index in [-0.39, 0.29) is 0 Å². The van der Waals surface area contributed by atoms with E-state index >= 15 is 0 Å². The molecule has 3 aromatic rings. The minimum atomic E-state index is 0.431. The molecule has 122 valence electrons. The molecule has 3 rings (SSSR count). The van der Waals surface area contributed by atoms with Crippen molar-refractivity contribution in [2.45, 2.75) is 19.8 Å². The molecule has 0 aliphatic carbocycles. The molecule has 6 heteroatoms. The van der Waals surface area contributed by atoms with Crippen LogP contribution < -0.4 is 0 Å². The number of hydrogen-bond acceptors (Lipinski definition) is 3. The largest absolute Gasteiger partial charge is 0.250 e. The van der Waals surface area contributed by atoms with E-state index in [2.05, 4.69) is 41.3 Å². The molecule has 0 aliphatic rings. The monoisotopic (exact) mass is 356 g/mol. The number of nitrogens with zero attached hydrogens (tertiary/aromatic N) is 3. The number of halogens is 1. The van der Waals surface area contributed by atoms with E-state index in [1.807, 2.05) is 36.4 Å². The van der Waals surface area contributed by atoms with Crippen LogP contribution in [0, 0.1) is 4.77 Å². The third kappa shape index (κ3) is 3.63. The van der Waals surface area contributed by atoms with E-state index in [1.54, 1.807) is 10.9 Å². The molecule has 0 fully saturated rings. The van der Waals surface area contributed by atoms with Gasteiger partial charge in [-0.2, -0.15) is 14.9 Å². The Labute approximate surface area is 150 Å². The maximum atomic E-state index is 6.06. The second-order valence-corrected chi connectivity index (χ2v) is 6.56. The highest BCUT2D eigenvalue weighted by atomic mass is 35.5. The Bertz CT molecular complexity index is 923. The molecule has 0 spiro atoms. The first kappa shape index (κ1) is 16.6. The summed E-state index contributed by atoms with van der Waals surface area (Å²) >= 11 is 11.3. The van der Waals surface area contributed by atoms with Gasteiger partial charge >= 0.3 is 0 Å². The van der Waals surface area contributed by atoms with Crippen molar-refractivity contribution in [1.29, 1.82) is 0 Å².